The van der Waals surface area contributed by atoms with Crippen molar-refractivity contribution < 1.29 is 14.3 Å². The molecule has 0 radical (unpaired) electrons. The fourth-order valence-corrected chi connectivity index (χ4v) is 3.22. The molecule has 25 heavy (non-hydrogen) atoms. The van der Waals surface area contributed by atoms with Gasteiger partial charge in [0.25, 0.3) is 0 Å². The lowest BCUT2D eigenvalue weighted by molar-refractivity contribution is 0.0475. The van der Waals surface area contributed by atoms with E-state index >= 15 is 0 Å². The number of ether oxygens (including phenoxy) is 1. The van der Waals surface area contributed by atoms with Crippen LogP contribution in [0.1, 0.15) is 26.3 Å². The number of benzene rings is 2. The van der Waals surface area contributed by atoms with E-state index in [9.17, 15) is 9.59 Å². The lowest BCUT2D eigenvalue weighted by Crippen LogP contribution is -2.10. The normalized spacial score (nSPS) is 10.4. The van der Waals surface area contributed by atoms with E-state index in [2.05, 4.69) is 0 Å². The summed E-state index contributed by atoms with van der Waals surface area (Å²) in [5.41, 5.74) is 14.3. The summed E-state index contributed by atoms with van der Waals surface area (Å²) in [6, 6.07) is 16.1. The molecule has 4 N–H and O–H groups in total. The van der Waals surface area contributed by atoms with Crippen LogP contribution < -0.4 is 11.5 Å². The van der Waals surface area contributed by atoms with Gasteiger partial charge in [-0.15, -0.1) is 11.3 Å². The Kier molecular flexibility index (Phi) is 4.81. The first kappa shape index (κ1) is 16.7. The highest BCUT2D eigenvalue weighted by Crippen LogP contribution is 2.34. The smallest absolute Gasteiger partial charge is 0.342 e. The molecule has 0 unspecified atom stereocenters. The lowest BCUT2D eigenvalue weighted by Gasteiger charge is -2.08. The molecule has 6 heteroatoms. The van der Waals surface area contributed by atoms with Gasteiger partial charge in [0, 0.05) is 16.5 Å². The Morgan fingerprint density at radius 2 is 1.68 bits per heavy atom. The van der Waals surface area contributed by atoms with Gasteiger partial charge < -0.3 is 16.2 Å². The van der Waals surface area contributed by atoms with Crippen molar-refractivity contribution in [3.05, 3.63) is 76.7 Å². The molecule has 0 saturated heterocycles. The summed E-state index contributed by atoms with van der Waals surface area (Å²) < 4.78 is 5.39. The maximum atomic E-state index is 12.5. The largest absolute Gasteiger partial charge is 0.457 e. The van der Waals surface area contributed by atoms with Gasteiger partial charge in [-0.2, -0.15) is 0 Å². The maximum Gasteiger partial charge on any atom is 0.342 e. The molecule has 1 amide bonds. The third kappa shape index (κ3) is 3.70. The van der Waals surface area contributed by atoms with Crippen molar-refractivity contribution in [3.63, 3.8) is 0 Å². The fraction of sp³-hybridized carbons (Fsp3) is 0.0526. The second-order valence-electron chi connectivity index (χ2n) is 5.39. The molecule has 0 fully saturated rings. The Labute approximate surface area is 148 Å². The quantitative estimate of drug-likeness (QED) is 0.688. The fourth-order valence-electron chi connectivity index (χ4n) is 2.41. The van der Waals surface area contributed by atoms with E-state index in [-0.39, 0.29) is 6.61 Å². The predicted octanol–water partition coefficient (Wildman–Crippen LogP) is 3.45. The van der Waals surface area contributed by atoms with Crippen LogP contribution >= 0.6 is 11.3 Å². The highest BCUT2D eigenvalue weighted by atomic mass is 32.1. The first-order chi connectivity index (χ1) is 12.1. The molecule has 2 aromatic carbocycles. The third-order valence-electron chi connectivity index (χ3n) is 3.72. The van der Waals surface area contributed by atoms with Crippen molar-refractivity contribution in [2.24, 2.45) is 5.73 Å². The molecule has 3 rings (SSSR count). The summed E-state index contributed by atoms with van der Waals surface area (Å²) in [6.45, 7) is 0.176. The highest BCUT2D eigenvalue weighted by molar-refractivity contribution is 7.14. The highest BCUT2D eigenvalue weighted by Gasteiger charge is 2.20. The minimum atomic E-state index is -0.501. The van der Waals surface area contributed by atoms with Gasteiger partial charge in [-0.1, -0.05) is 42.5 Å². The van der Waals surface area contributed by atoms with Crippen LogP contribution in [0.15, 0.2) is 60.0 Å². The molecule has 0 bridgehead atoms. The van der Waals surface area contributed by atoms with Gasteiger partial charge in [0.05, 0.1) is 0 Å². The molecule has 1 heterocycles. The van der Waals surface area contributed by atoms with E-state index in [4.69, 9.17) is 16.2 Å². The summed E-state index contributed by atoms with van der Waals surface area (Å²) in [6.07, 6.45) is 0. The predicted molar refractivity (Wildman–Crippen MR) is 98.2 cm³/mol. The monoisotopic (exact) mass is 352 g/mol. The number of rotatable bonds is 5. The van der Waals surface area contributed by atoms with E-state index in [0.29, 0.717) is 21.7 Å². The zero-order valence-corrected chi connectivity index (χ0v) is 14.1. The number of carbonyl (C=O) groups excluding carboxylic acids is 2. The molecule has 5 nitrogen and oxygen atoms in total. The third-order valence-corrected chi connectivity index (χ3v) is 4.53. The van der Waals surface area contributed by atoms with Crippen LogP contribution in [-0.4, -0.2) is 11.9 Å². The molecule has 0 aliphatic heterocycles. The van der Waals surface area contributed by atoms with Crippen LogP contribution in [0, 0.1) is 0 Å². The molecule has 1 aromatic heterocycles. The van der Waals surface area contributed by atoms with Crippen LogP contribution in [0.3, 0.4) is 0 Å². The second kappa shape index (κ2) is 7.19. The van der Waals surface area contributed by atoms with Gasteiger partial charge in [-0.05, 0) is 23.3 Å². The number of thiophene rings is 1. The number of hydrogen-bond acceptors (Lipinski definition) is 5. The molecule has 3 aromatic rings. The molecule has 0 aliphatic rings. The molecule has 126 valence electrons. The molecule has 0 saturated carbocycles. The maximum absolute atomic E-state index is 12.5. The number of esters is 1. The Morgan fingerprint density at radius 3 is 2.32 bits per heavy atom. The SMILES string of the molecule is NC(=O)c1ccc(-c2csc(N)c2C(=O)OCc2ccccc2)cc1. The number of amides is 1. The summed E-state index contributed by atoms with van der Waals surface area (Å²) in [5.74, 6) is -0.976. The summed E-state index contributed by atoms with van der Waals surface area (Å²) in [5, 5.41) is 2.19. The number of nitrogen functional groups attached to an aromatic ring is 1. The zero-order valence-electron chi connectivity index (χ0n) is 13.3. The summed E-state index contributed by atoms with van der Waals surface area (Å²) in [4.78, 5) is 23.7. The molecule has 0 aliphatic carbocycles. The van der Waals surface area contributed by atoms with Crippen LogP contribution in [0.2, 0.25) is 0 Å². The van der Waals surface area contributed by atoms with E-state index in [0.717, 1.165) is 11.1 Å². The lowest BCUT2D eigenvalue weighted by atomic mass is 10.0. The first-order valence-corrected chi connectivity index (χ1v) is 8.42. The Bertz CT molecular complexity index is 902. The van der Waals surface area contributed by atoms with E-state index in [1.54, 1.807) is 29.6 Å². The van der Waals surface area contributed by atoms with Gasteiger partial charge in [0.2, 0.25) is 5.91 Å². The van der Waals surface area contributed by atoms with Crippen LogP contribution in [0.4, 0.5) is 5.00 Å². The van der Waals surface area contributed by atoms with Crippen molar-refractivity contribution >= 4 is 28.2 Å². The van der Waals surface area contributed by atoms with Crippen molar-refractivity contribution in [1.29, 1.82) is 0 Å². The van der Waals surface area contributed by atoms with Crippen LogP contribution in [0.5, 0.6) is 0 Å². The summed E-state index contributed by atoms with van der Waals surface area (Å²) in [7, 11) is 0. The molecule has 0 atom stereocenters. The van der Waals surface area contributed by atoms with Crippen molar-refractivity contribution in [1.82, 2.24) is 0 Å². The summed E-state index contributed by atoms with van der Waals surface area (Å²) >= 11 is 1.27. The standard InChI is InChI=1S/C19H16N2O3S/c20-17(22)14-8-6-13(7-9-14)15-11-25-18(21)16(15)19(23)24-10-12-4-2-1-3-5-12/h1-9,11H,10,21H2,(H2,20,22). The minimum Gasteiger partial charge on any atom is -0.457 e. The van der Waals surface area contributed by atoms with Gasteiger partial charge in [0.1, 0.15) is 17.2 Å². The van der Waals surface area contributed by atoms with Crippen LogP contribution in [-0.2, 0) is 11.3 Å². The Hall–Kier alpha value is -3.12. The van der Waals surface area contributed by atoms with Gasteiger partial charge in [-0.3, -0.25) is 4.79 Å². The van der Waals surface area contributed by atoms with E-state index in [1.807, 2.05) is 30.3 Å². The van der Waals surface area contributed by atoms with E-state index < -0.39 is 11.9 Å². The van der Waals surface area contributed by atoms with Crippen molar-refractivity contribution in [2.45, 2.75) is 6.61 Å². The molecule has 0 spiro atoms. The average Bonchev–Trinajstić information content (AvgIpc) is 3.02. The first-order valence-electron chi connectivity index (χ1n) is 7.54. The Morgan fingerprint density at radius 1 is 1.00 bits per heavy atom. The van der Waals surface area contributed by atoms with Gasteiger partial charge >= 0.3 is 5.97 Å². The van der Waals surface area contributed by atoms with Crippen molar-refractivity contribution in [3.8, 4) is 11.1 Å². The number of carbonyl (C=O) groups is 2. The topological polar surface area (TPSA) is 95.4 Å². The average molecular weight is 352 g/mol. The zero-order chi connectivity index (χ0) is 17.8. The van der Waals surface area contributed by atoms with Crippen molar-refractivity contribution in [2.75, 3.05) is 5.73 Å². The molecular formula is C19H16N2O3S. The van der Waals surface area contributed by atoms with Gasteiger partial charge in [0.15, 0.2) is 0 Å². The second-order valence-corrected chi connectivity index (χ2v) is 6.30. The number of hydrogen-bond donors (Lipinski definition) is 2. The Balaban J connectivity index is 1.83. The van der Waals surface area contributed by atoms with E-state index in [1.165, 1.54) is 11.3 Å². The van der Waals surface area contributed by atoms with Gasteiger partial charge in [-0.25, -0.2) is 4.79 Å². The van der Waals surface area contributed by atoms with Crippen LogP contribution in [0.25, 0.3) is 11.1 Å². The number of nitrogens with two attached hydrogens (primary N) is 2. The minimum absolute atomic E-state index is 0.176. The number of anilines is 1. The molecular weight excluding hydrogens is 336 g/mol. The number of primary amides is 1.